The van der Waals surface area contributed by atoms with Gasteiger partial charge in [-0.3, -0.25) is 4.90 Å². The standard InChI is InChI=1S/C19H20BrClF2N4O3/c1-19(2,3)30-18(29)27-8-4-5-9(27)7-26(6-8)16-10-14(24-17(21)25-16)12(22)11(20)13(23)15(10)28/h8-9,28H,4-7H2,1-3H3. The first-order chi connectivity index (χ1) is 14.0. The van der Waals surface area contributed by atoms with Crippen molar-refractivity contribution in [2.24, 2.45) is 0 Å². The lowest BCUT2D eigenvalue weighted by molar-refractivity contribution is 0.0123. The third-order valence-corrected chi connectivity index (χ3v) is 6.15. The number of hydrogen-bond donors (Lipinski definition) is 1. The smallest absolute Gasteiger partial charge is 0.410 e. The van der Waals surface area contributed by atoms with Gasteiger partial charge in [0.25, 0.3) is 0 Å². The summed E-state index contributed by atoms with van der Waals surface area (Å²) in [6.07, 6.45) is 1.14. The number of piperazine rings is 1. The molecule has 2 aromatic rings. The fourth-order valence-electron chi connectivity index (χ4n) is 4.13. The summed E-state index contributed by atoms with van der Waals surface area (Å²) in [6, 6.07) is -0.315. The highest BCUT2D eigenvalue weighted by molar-refractivity contribution is 9.10. The monoisotopic (exact) mass is 504 g/mol. The number of aromatic nitrogens is 2. The summed E-state index contributed by atoms with van der Waals surface area (Å²) in [5.41, 5.74) is -0.893. The molecule has 7 nitrogen and oxygen atoms in total. The lowest BCUT2D eigenvalue weighted by Crippen LogP contribution is -2.57. The van der Waals surface area contributed by atoms with Crippen LogP contribution in [0.1, 0.15) is 33.6 Å². The Morgan fingerprint density at radius 2 is 1.80 bits per heavy atom. The highest BCUT2D eigenvalue weighted by atomic mass is 79.9. The van der Waals surface area contributed by atoms with E-state index in [1.54, 1.807) is 9.80 Å². The van der Waals surface area contributed by atoms with Gasteiger partial charge < -0.3 is 14.7 Å². The highest BCUT2D eigenvalue weighted by Crippen LogP contribution is 2.42. The van der Waals surface area contributed by atoms with Crippen LogP contribution >= 0.6 is 27.5 Å². The third kappa shape index (κ3) is 3.53. The van der Waals surface area contributed by atoms with Crippen molar-refractivity contribution in [2.75, 3.05) is 18.0 Å². The molecular weight excluding hydrogens is 486 g/mol. The van der Waals surface area contributed by atoms with E-state index in [0.717, 1.165) is 12.8 Å². The zero-order valence-electron chi connectivity index (χ0n) is 16.5. The largest absolute Gasteiger partial charge is 0.504 e. The van der Waals surface area contributed by atoms with Crippen LogP contribution in [0.4, 0.5) is 19.4 Å². The summed E-state index contributed by atoms with van der Waals surface area (Å²) in [5.74, 6) is -2.73. The van der Waals surface area contributed by atoms with E-state index >= 15 is 0 Å². The summed E-state index contributed by atoms with van der Waals surface area (Å²) in [4.78, 5) is 24.2. The van der Waals surface area contributed by atoms with Gasteiger partial charge in [-0.05, 0) is 61.1 Å². The molecule has 11 heteroatoms. The molecule has 2 fully saturated rings. The quantitative estimate of drug-likeness (QED) is 0.450. The molecule has 0 spiro atoms. The summed E-state index contributed by atoms with van der Waals surface area (Å²) in [7, 11) is 0. The number of carbonyl (C=O) groups is 1. The Balaban J connectivity index is 1.73. The molecule has 3 heterocycles. The van der Waals surface area contributed by atoms with Crippen molar-refractivity contribution in [1.29, 1.82) is 0 Å². The molecule has 2 bridgehead atoms. The van der Waals surface area contributed by atoms with Gasteiger partial charge in [0.05, 0.1) is 21.9 Å². The Labute approximate surface area is 185 Å². The molecule has 30 heavy (non-hydrogen) atoms. The minimum atomic E-state index is -1.14. The fourth-order valence-corrected chi connectivity index (χ4v) is 4.67. The van der Waals surface area contributed by atoms with Gasteiger partial charge in [-0.15, -0.1) is 0 Å². The summed E-state index contributed by atoms with van der Waals surface area (Å²) >= 11 is 8.80. The van der Waals surface area contributed by atoms with Crippen LogP contribution in [0.2, 0.25) is 5.28 Å². The number of nitrogens with zero attached hydrogens (tertiary/aromatic N) is 4. The van der Waals surface area contributed by atoms with Gasteiger partial charge in [0.1, 0.15) is 16.9 Å². The topological polar surface area (TPSA) is 78.8 Å². The van der Waals surface area contributed by atoms with Gasteiger partial charge in [-0.25, -0.2) is 18.6 Å². The zero-order valence-corrected chi connectivity index (χ0v) is 18.9. The van der Waals surface area contributed by atoms with E-state index in [2.05, 4.69) is 25.9 Å². The number of fused-ring (bicyclic) bond motifs is 3. The predicted molar refractivity (Wildman–Crippen MR) is 111 cm³/mol. The Morgan fingerprint density at radius 1 is 1.20 bits per heavy atom. The maximum Gasteiger partial charge on any atom is 0.410 e. The fraction of sp³-hybridized carbons (Fsp3) is 0.526. The SMILES string of the molecule is CC(C)(C)OC(=O)N1C2CCC1CN(c1nc(Cl)nc3c(F)c(Br)c(F)c(O)c13)C2. The first-order valence-electron chi connectivity index (χ1n) is 9.47. The van der Waals surface area contributed by atoms with Crippen molar-refractivity contribution < 1.29 is 23.4 Å². The van der Waals surface area contributed by atoms with Gasteiger partial charge in [-0.1, -0.05) is 0 Å². The van der Waals surface area contributed by atoms with Crippen LogP contribution < -0.4 is 4.90 Å². The Bertz CT molecular complexity index is 1040. The van der Waals surface area contributed by atoms with E-state index < -0.39 is 27.5 Å². The molecule has 0 aliphatic carbocycles. The molecule has 0 radical (unpaired) electrons. The number of amides is 1. The number of halogens is 4. The molecule has 4 rings (SSSR count). The molecule has 1 amide bonds. The van der Waals surface area contributed by atoms with Crippen molar-refractivity contribution in [3.8, 4) is 5.75 Å². The van der Waals surface area contributed by atoms with Crippen LogP contribution in [0.25, 0.3) is 10.9 Å². The number of benzene rings is 1. The van der Waals surface area contributed by atoms with Gasteiger partial charge in [-0.2, -0.15) is 4.98 Å². The van der Waals surface area contributed by atoms with Gasteiger partial charge in [0.15, 0.2) is 17.4 Å². The van der Waals surface area contributed by atoms with Gasteiger partial charge >= 0.3 is 6.09 Å². The van der Waals surface area contributed by atoms with Crippen molar-refractivity contribution >= 4 is 50.3 Å². The summed E-state index contributed by atoms with van der Waals surface area (Å²) < 4.78 is 34.0. The van der Waals surface area contributed by atoms with E-state index in [0.29, 0.717) is 13.1 Å². The van der Waals surface area contributed by atoms with Crippen LogP contribution in [0, 0.1) is 11.6 Å². The molecule has 2 unspecified atom stereocenters. The molecule has 2 aliphatic heterocycles. The van der Waals surface area contributed by atoms with Crippen LogP contribution in [0.15, 0.2) is 4.47 Å². The molecular formula is C19H20BrClF2N4O3. The number of ether oxygens (including phenoxy) is 1. The van der Waals surface area contributed by atoms with E-state index in [4.69, 9.17) is 16.3 Å². The zero-order chi connectivity index (χ0) is 22.0. The van der Waals surface area contributed by atoms with Crippen molar-refractivity contribution in [3.63, 3.8) is 0 Å². The third-order valence-electron chi connectivity index (χ3n) is 5.29. The Hall–Kier alpha value is -1.94. The Morgan fingerprint density at radius 3 is 2.37 bits per heavy atom. The second kappa shape index (κ2) is 7.33. The maximum atomic E-state index is 14.6. The molecule has 2 atom stereocenters. The maximum absolute atomic E-state index is 14.6. The van der Waals surface area contributed by atoms with Crippen molar-refractivity contribution in [2.45, 2.75) is 51.3 Å². The molecule has 1 N–H and O–H groups in total. The van der Waals surface area contributed by atoms with Crippen LogP contribution in [-0.4, -0.2) is 56.8 Å². The van der Waals surface area contributed by atoms with Crippen molar-refractivity contribution in [1.82, 2.24) is 14.9 Å². The molecule has 1 aromatic heterocycles. The minimum absolute atomic E-state index is 0.133. The number of phenols is 1. The minimum Gasteiger partial charge on any atom is -0.504 e. The lowest BCUT2D eigenvalue weighted by Gasteiger charge is -2.42. The second-order valence-corrected chi connectivity index (χ2v) is 9.64. The molecule has 2 saturated heterocycles. The second-order valence-electron chi connectivity index (χ2n) is 8.51. The number of rotatable bonds is 1. The predicted octanol–water partition coefficient (Wildman–Crippen LogP) is 4.62. The van der Waals surface area contributed by atoms with E-state index in [9.17, 15) is 18.7 Å². The molecule has 2 aliphatic rings. The number of carbonyl (C=O) groups excluding carboxylic acids is 1. The first-order valence-corrected chi connectivity index (χ1v) is 10.6. The van der Waals surface area contributed by atoms with Crippen LogP contribution in [0.3, 0.4) is 0 Å². The van der Waals surface area contributed by atoms with E-state index in [-0.39, 0.29) is 40.2 Å². The first kappa shape index (κ1) is 21.3. The van der Waals surface area contributed by atoms with Crippen molar-refractivity contribution in [3.05, 3.63) is 21.4 Å². The van der Waals surface area contributed by atoms with Gasteiger partial charge in [0.2, 0.25) is 5.28 Å². The van der Waals surface area contributed by atoms with Gasteiger partial charge in [0, 0.05) is 13.1 Å². The summed E-state index contributed by atoms with van der Waals surface area (Å²) in [6.45, 7) is 6.14. The van der Waals surface area contributed by atoms with E-state index in [1.807, 2.05) is 20.8 Å². The average Bonchev–Trinajstić information content (AvgIpc) is 2.92. The van der Waals surface area contributed by atoms with Crippen LogP contribution in [0.5, 0.6) is 5.75 Å². The number of phenolic OH excluding ortho intramolecular Hbond substituents is 1. The number of hydrogen-bond acceptors (Lipinski definition) is 6. The average molecular weight is 506 g/mol. The number of aromatic hydroxyl groups is 1. The molecule has 0 saturated carbocycles. The van der Waals surface area contributed by atoms with Crippen LogP contribution in [-0.2, 0) is 4.74 Å². The lowest BCUT2D eigenvalue weighted by atomic mass is 10.1. The normalized spacial score (nSPS) is 21.4. The highest BCUT2D eigenvalue weighted by Gasteiger charge is 2.45. The van der Waals surface area contributed by atoms with E-state index in [1.165, 1.54) is 0 Å². The molecule has 1 aromatic carbocycles. The summed E-state index contributed by atoms with van der Waals surface area (Å²) in [5, 5.41) is 10.00. The molecule has 162 valence electrons. The Kier molecular flexibility index (Phi) is 5.21. The number of anilines is 1.